The molecule has 2 N–H and O–H groups in total. The molecule has 9 nitrogen and oxygen atoms in total. The van der Waals surface area contributed by atoms with Crippen LogP contribution in [0.2, 0.25) is 10.0 Å². The number of pyridine rings is 1. The third kappa shape index (κ3) is 7.28. The van der Waals surface area contributed by atoms with Gasteiger partial charge < -0.3 is 24.8 Å². The molecule has 0 bridgehead atoms. The summed E-state index contributed by atoms with van der Waals surface area (Å²) in [5.74, 6) is -0.941. The average Bonchev–Trinajstić information content (AvgIpc) is 2.75. The van der Waals surface area contributed by atoms with E-state index in [4.69, 9.17) is 37.4 Å². The summed E-state index contributed by atoms with van der Waals surface area (Å²) in [6.07, 6.45) is 0.163. The van der Waals surface area contributed by atoms with Crippen LogP contribution in [0.25, 0.3) is 0 Å². The zero-order valence-corrected chi connectivity index (χ0v) is 19.2. The minimum atomic E-state index is -1.15. The molecule has 1 heterocycles. The van der Waals surface area contributed by atoms with Gasteiger partial charge in [0.25, 0.3) is 11.8 Å². The first-order valence-corrected chi connectivity index (χ1v) is 10.5. The van der Waals surface area contributed by atoms with Crippen molar-refractivity contribution in [1.29, 1.82) is 0 Å². The highest BCUT2D eigenvalue weighted by Gasteiger charge is 2.20. The number of anilines is 1. The molecule has 0 saturated heterocycles. The first kappa shape index (κ1) is 25.2. The molecular formula is C21H23Cl2N3O6. The van der Waals surface area contributed by atoms with E-state index < -0.39 is 30.4 Å². The van der Waals surface area contributed by atoms with Crippen LogP contribution in [0, 0.1) is 0 Å². The lowest BCUT2D eigenvalue weighted by Gasteiger charge is -2.14. The van der Waals surface area contributed by atoms with E-state index in [-0.39, 0.29) is 16.4 Å². The van der Waals surface area contributed by atoms with Gasteiger partial charge in [-0.25, -0.2) is 4.98 Å². The summed E-state index contributed by atoms with van der Waals surface area (Å²) in [7, 11) is 0. The van der Waals surface area contributed by atoms with Gasteiger partial charge in [-0.05, 0) is 45.0 Å². The van der Waals surface area contributed by atoms with Crippen LogP contribution in [0.4, 0.5) is 5.82 Å². The number of amides is 2. The van der Waals surface area contributed by atoms with Gasteiger partial charge in [0, 0.05) is 11.8 Å². The SMILES string of the molecule is CCOc1ccc(C(=O)NCC(=O)OC(C)C(=O)Nc2ncc(Cl)cc2Cl)cc1OCC. The number of carbonyl (C=O) groups is 3. The van der Waals surface area contributed by atoms with Crippen molar-refractivity contribution in [3.63, 3.8) is 0 Å². The lowest BCUT2D eigenvalue weighted by molar-refractivity contribution is -0.152. The Morgan fingerprint density at radius 2 is 1.75 bits per heavy atom. The summed E-state index contributed by atoms with van der Waals surface area (Å²) < 4.78 is 16.0. The Kier molecular flexibility index (Phi) is 9.55. The zero-order chi connectivity index (χ0) is 23.7. The molecule has 2 aromatic rings. The molecule has 0 aliphatic heterocycles. The van der Waals surface area contributed by atoms with Crippen molar-refractivity contribution in [2.24, 2.45) is 0 Å². The predicted molar refractivity (Wildman–Crippen MR) is 120 cm³/mol. The van der Waals surface area contributed by atoms with E-state index in [1.807, 2.05) is 13.8 Å². The molecule has 0 spiro atoms. The van der Waals surface area contributed by atoms with Crippen molar-refractivity contribution in [2.75, 3.05) is 25.1 Å². The molecule has 1 aromatic carbocycles. The number of hydrogen-bond acceptors (Lipinski definition) is 7. The number of benzene rings is 1. The molecule has 1 aromatic heterocycles. The first-order chi connectivity index (χ1) is 15.2. The lowest BCUT2D eigenvalue weighted by Crippen LogP contribution is -2.36. The number of nitrogens with one attached hydrogen (secondary N) is 2. The fourth-order valence-corrected chi connectivity index (χ4v) is 2.89. The van der Waals surface area contributed by atoms with Gasteiger partial charge in [0.15, 0.2) is 23.4 Å². The van der Waals surface area contributed by atoms with Crippen molar-refractivity contribution >= 4 is 46.8 Å². The standard InChI is InChI=1S/C21H23Cl2N3O6/c1-4-30-16-7-6-13(8-17(16)31-5-2)21(29)25-11-18(27)32-12(3)20(28)26-19-15(23)9-14(22)10-24-19/h6-10,12H,4-5,11H2,1-3H3,(H,25,29)(H,24,26,28). The van der Waals surface area contributed by atoms with Crippen LogP contribution in [0.5, 0.6) is 11.5 Å². The van der Waals surface area contributed by atoms with Gasteiger partial charge in [-0.1, -0.05) is 23.2 Å². The second kappa shape index (κ2) is 12.1. The second-order valence-electron chi connectivity index (χ2n) is 6.32. The minimum absolute atomic E-state index is 0.0814. The van der Waals surface area contributed by atoms with Crippen LogP contribution in [0.3, 0.4) is 0 Å². The van der Waals surface area contributed by atoms with Gasteiger partial charge in [0.05, 0.1) is 23.3 Å². The number of hydrogen-bond donors (Lipinski definition) is 2. The molecule has 172 valence electrons. The smallest absolute Gasteiger partial charge is 0.326 e. The summed E-state index contributed by atoms with van der Waals surface area (Å²) in [6.45, 7) is 5.43. The van der Waals surface area contributed by atoms with E-state index in [1.165, 1.54) is 25.3 Å². The molecule has 1 atom stereocenters. The zero-order valence-electron chi connectivity index (χ0n) is 17.7. The van der Waals surface area contributed by atoms with E-state index in [2.05, 4.69) is 15.6 Å². The Labute approximate surface area is 195 Å². The molecule has 1 unspecified atom stereocenters. The molecule has 2 rings (SSSR count). The molecule has 0 aliphatic rings. The molecule has 0 saturated carbocycles. The Balaban J connectivity index is 1.89. The molecule has 2 amide bonds. The topological polar surface area (TPSA) is 116 Å². The number of esters is 1. The van der Waals surface area contributed by atoms with Crippen molar-refractivity contribution in [2.45, 2.75) is 26.9 Å². The van der Waals surface area contributed by atoms with Gasteiger partial charge in [0.1, 0.15) is 6.54 Å². The largest absolute Gasteiger partial charge is 0.490 e. The average molecular weight is 484 g/mol. The highest BCUT2D eigenvalue weighted by atomic mass is 35.5. The summed E-state index contributed by atoms with van der Waals surface area (Å²) >= 11 is 11.7. The van der Waals surface area contributed by atoms with Gasteiger partial charge >= 0.3 is 5.97 Å². The van der Waals surface area contributed by atoms with E-state index in [1.54, 1.807) is 12.1 Å². The Morgan fingerprint density at radius 3 is 2.41 bits per heavy atom. The summed E-state index contributed by atoms with van der Waals surface area (Å²) in [5.41, 5.74) is 0.277. The van der Waals surface area contributed by atoms with Crippen molar-refractivity contribution in [3.8, 4) is 11.5 Å². The Morgan fingerprint density at radius 1 is 1.06 bits per heavy atom. The fraction of sp³-hybridized carbons (Fsp3) is 0.333. The number of ether oxygens (including phenoxy) is 3. The fourth-order valence-electron chi connectivity index (χ4n) is 2.46. The maximum Gasteiger partial charge on any atom is 0.326 e. The Hall–Kier alpha value is -3.04. The van der Waals surface area contributed by atoms with Crippen molar-refractivity contribution in [3.05, 3.63) is 46.1 Å². The molecule has 0 aliphatic carbocycles. The quantitative estimate of drug-likeness (QED) is 0.496. The second-order valence-corrected chi connectivity index (χ2v) is 7.16. The molecule has 32 heavy (non-hydrogen) atoms. The monoisotopic (exact) mass is 483 g/mol. The lowest BCUT2D eigenvalue weighted by atomic mass is 10.2. The van der Waals surface area contributed by atoms with Crippen LogP contribution in [-0.2, 0) is 14.3 Å². The van der Waals surface area contributed by atoms with E-state index in [9.17, 15) is 14.4 Å². The van der Waals surface area contributed by atoms with Crippen LogP contribution in [-0.4, -0.2) is 48.6 Å². The van der Waals surface area contributed by atoms with Crippen LogP contribution < -0.4 is 20.1 Å². The van der Waals surface area contributed by atoms with Gasteiger partial charge in [-0.3, -0.25) is 14.4 Å². The summed E-state index contributed by atoms with van der Waals surface area (Å²) in [6, 6.07) is 6.10. The number of halogens is 2. The molecule has 11 heteroatoms. The van der Waals surface area contributed by atoms with Gasteiger partial charge in [-0.2, -0.15) is 0 Å². The number of rotatable bonds is 10. The highest BCUT2D eigenvalue weighted by molar-refractivity contribution is 6.36. The number of nitrogens with zero attached hydrogens (tertiary/aromatic N) is 1. The van der Waals surface area contributed by atoms with E-state index >= 15 is 0 Å². The van der Waals surface area contributed by atoms with E-state index in [0.717, 1.165) is 0 Å². The Bertz CT molecular complexity index is 986. The van der Waals surface area contributed by atoms with Gasteiger partial charge in [0.2, 0.25) is 0 Å². The normalized spacial score (nSPS) is 11.3. The number of carbonyl (C=O) groups excluding carboxylic acids is 3. The highest BCUT2D eigenvalue weighted by Crippen LogP contribution is 2.28. The minimum Gasteiger partial charge on any atom is -0.490 e. The molecule has 0 radical (unpaired) electrons. The van der Waals surface area contributed by atoms with E-state index in [0.29, 0.717) is 29.7 Å². The van der Waals surface area contributed by atoms with Crippen LogP contribution in [0.1, 0.15) is 31.1 Å². The molecule has 0 fully saturated rings. The van der Waals surface area contributed by atoms with Crippen molar-refractivity contribution in [1.82, 2.24) is 10.3 Å². The number of aromatic nitrogens is 1. The van der Waals surface area contributed by atoms with Crippen molar-refractivity contribution < 1.29 is 28.6 Å². The maximum absolute atomic E-state index is 12.4. The van der Waals surface area contributed by atoms with Crippen LogP contribution >= 0.6 is 23.2 Å². The van der Waals surface area contributed by atoms with Crippen LogP contribution in [0.15, 0.2) is 30.5 Å². The predicted octanol–water partition coefficient (Wildman–Crippen LogP) is 3.49. The third-order valence-corrected chi connectivity index (χ3v) is 4.42. The third-order valence-electron chi connectivity index (χ3n) is 3.93. The van der Waals surface area contributed by atoms with Gasteiger partial charge in [-0.15, -0.1) is 0 Å². The summed E-state index contributed by atoms with van der Waals surface area (Å²) in [5, 5.41) is 5.32. The molecular weight excluding hydrogens is 461 g/mol. The first-order valence-electron chi connectivity index (χ1n) is 9.74. The summed E-state index contributed by atoms with van der Waals surface area (Å²) in [4.78, 5) is 40.5. The maximum atomic E-state index is 12.4.